The number of nitrogens with zero attached hydrogens (tertiary/aromatic N) is 2. The molecule has 1 aromatic heterocycles. The van der Waals surface area contributed by atoms with E-state index in [0.29, 0.717) is 30.4 Å². The molecule has 3 rings (SSSR count). The van der Waals surface area contributed by atoms with Crippen LogP contribution in [0, 0.1) is 0 Å². The number of rotatable bonds is 6. The molecule has 1 unspecified atom stereocenters. The minimum atomic E-state index is -1.12. The van der Waals surface area contributed by atoms with E-state index < -0.39 is 11.5 Å². The molecule has 2 aliphatic rings. The van der Waals surface area contributed by atoms with Crippen molar-refractivity contribution in [2.45, 2.75) is 56.4 Å². The van der Waals surface area contributed by atoms with Gasteiger partial charge in [0.2, 0.25) is 11.8 Å². The van der Waals surface area contributed by atoms with Gasteiger partial charge in [-0.1, -0.05) is 18.0 Å². The molecule has 2 heterocycles. The Morgan fingerprint density at radius 2 is 2.17 bits per heavy atom. The molecule has 0 radical (unpaired) electrons. The molecule has 1 aliphatic heterocycles. The van der Waals surface area contributed by atoms with Crippen LogP contribution >= 0.6 is 11.8 Å². The van der Waals surface area contributed by atoms with E-state index in [9.17, 15) is 14.7 Å². The molecule has 1 saturated heterocycles. The predicted octanol–water partition coefficient (Wildman–Crippen LogP) is 1.74. The summed E-state index contributed by atoms with van der Waals surface area (Å²) in [7, 11) is 0. The summed E-state index contributed by atoms with van der Waals surface area (Å²) in [6.45, 7) is 0. The average molecular weight is 339 g/mol. The van der Waals surface area contributed by atoms with Gasteiger partial charge in [-0.3, -0.25) is 4.79 Å². The van der Waals surface area contributed by atoms with E-state index in [4.69, 9.17) is 4.52 Å². The predicted molar refractivity (Wildman–Crippen MR) is 84.3 cm³/mol. The molecule has 1 aliphatic carbocycles. The Bertz CT molecular complexity index is 577. The highest BCUT2D eigenvalue weighted by molar-refractivity contribution is 7.99. The van der Waals surface area contributed by atoms with Crippen molar-refractivity contribution in [2.75, 3.05) is 11.5 Å². The second-order valence-corrected chi connectivity index (χ2v) is 7.37. The van der Waals surface area contributed by atoms with E-state index >= 15 is 0 Å². The molecule has 2 N–H and O–H groups in total. The van der Waals surface area contributed by atoms with E-state index in [0.717, 1.165) is 24.4 Å². The van der Waals surface area contributed by atoms with Gasteiger partial charge in [0, 0.05) is 24.5 Å². The van der Waals surface area contributed by atoms with Gasteiger partial charge in [-0.05, 0) is 25.0 Å². The summed E-state index contributed by atoms with van der Waals surface area (Å²) in [4.78, 5) is 27.9. The summed E-state index contributed by atoms with van der Waals surface area (Å²) in [5.74, 6) is 1.50. The molecular formula is C15H21N3O4S. The van der Waals surface area contributed by atoms with Gasteiger partial charge in [-0.2, -0.15) is 16.7 Å². The van der Waals surface area contributed by atoms with Gasteiger partial charge in [0.1, 0.15) is 5.54 Å². The molecule has 0 spiro atoms. The SMILES string of the molecule is O=C(CCc1nc(C2CCCC2)no1)NC1(C(=O)O)CCSC1. The lowest BCUT2D eigenvalue weighted by Gasteiger charge is -2.24. The van der Waals surface area contributed by atoms with Crippen molar-refractivity contribution in [1.29, 1.82) is 0 Å². The van der Waals surface area contributed by atoms with E-state index in [-0.39, 0.29) is 12.3 Å². The van der Waals surface area contributed by atoms with E-state index in [1.165, 1.54) is 12.8 Å². The number of carbonyl (C=O) groups excluding carboxylic acids is 1. The average Bonchev–Trinajstić information content (AvgIpc) is 3.26. The molecule has 126 valence electrons. The number of nitrogens with one attached hydrogen (secondary N) is 1. The molecule has 0 bridgehead atoms. The largest absolute Gasteiger partial charge is 0.479 e. The smallest absolute Gasteiger partial charge is 0.330 e. The summed E-state index contributed by atoms with van der Waals surface area (Å²) >= 11 is 1.55. The molecule has 1 amide bonds. The van der Waals surface area contributed by atoms with Crippen molar-refractivity contribution in [3.05, 3.63) is 11.7 Å². The molecule has 2 fully saturated rings. The van der Waals surface area contributed by atoms with Crippen LogP contribution in [0.15, 0.2) is 4.52 Å². The normalized spacial score (nSPS) is 24.9. The van der Waals surface area contributed by atoms with Crippen LogP contribution in [0.2, 0.25) is 0 Å². The fraction of sp³-hybridized carbons (Fsp3) is 0.733. The molecule has 1 atom stereocenters. The van der Waals surface area contributed by atoms with Crippen LogP contribution in [-0.2, 0) is 16.0 Å². The zero-order chi connectivity index (χ0) is 16.3. The standard InChI is InChI=1S/C15H21N3O4S/c19-11(17-15(14(20)21)7-8-23-9-15)5-6-12-16-13(18-22-12)10-3-1-2-4-10/h10H,1-9H2,(H,17,19)(H,20,21). The van der Waals surface area contributed by atoms with Crippen molar-refractivity contribution >= 4 is 23.6 Å². The van der Waals surface area contributed by atoms with E-state index in [2.05, 4.69) is 15.5 Å². The van der Waals surface area contributed by atoms with Gasteiger partial charge in [-0.15, -0.1) is 0 Å². The fourth-order valence-electron chi connectivity index (χ4n) is 3.15. The summed E-state index contributed by atoms with van der Waals surface area (Å²) in [5, 5.41) is 16.0. The fourth-order valence-corrected chi connectivity index (χ4v) is 4.48. The van der Waals surface area contributed by atoms with Crippen LogP contribution < -0.4 is 5.32 Å². The number of aliphatic carboxylic acids is 1. The topological polar surface area (TPSA) is 105 Å². The molecule has 23 heavy (non-hydrogen) atoms. The number of amides is 1. The Labute approximate surface area is 138 Å². The Morgan fingerprint density at radius 3 is 2.83 bits per heavy atom. The number of thioether (sulfide) groups is 1. The van der Waals surface area contributed by atoms with Crippen molar-refractivity contribution < 1.29 is 19.2 Å². The second kappa shape index (κ2) is 6.90. The van der Waals surface area contributed by atoms with Crippen LogP contribution in [0.4, 0.5) is 0 Å². The first-order valence-corrected chi connectivity index (χ1v) is 9.19. The highest BCUT2D eigenvalue weighted by atomic mass is 32.2. The summed E-state index contributed by atoms with van der Waals surface area (Å²) in [5.41, 5.74) is -1.12. The first-order chi connectivity index (χ1) is 11.1. The van der Waals surface area contributed by atoms with Crippen LogP contribution in [0.5, 0.6) is 0 Å². The Morgan fingerprint density at radius 1 is 1.39 bits per heavy atom. The Balaban J connectivity index is 1.51. The summed E-state index contributed by atoms with van der Waals surface area (Å²) in [6, 6.07) is 0. The van der Waals surface area contributed by atoms with Gasteiger partial charge >= 0.3 is 5.97 Å². The van der Waals surface area contributed by atoms with Crippen LogP contribution in [0.3, 0.4) is 0 Å². The monoisotopic (exact) mass is 339 g/mol. The van der Waals surface area contributed by atoms with Crippen molar-refractivity contribution in [1.82, 2.24) is 15.5 Å². The van der Waals surface area contributed by atoms with Crippen molar-refractivity contribution in [3.63, 3.8) is 0 Å². The van der Waals surface area contributed by atoms with E-state index in [1.54, 1.807) is 11.8 Å². The third-order valence-corrected chi connectivity index (χ3v) is 5.77. The first-order valence-electron chi connectivity index (χ1n) is 8.04. The van der Waals surface area contributed by atoms with Gasteiger partial charge in [0.25, 0.3) is 0 Å². The number of hydrogen-bond acceptors (Lipinski definition) is 6. The highest BCUT2D eigenvalue weighted by Gasteiger charge is 2.43. The maximum Gasteiger partial charge on any atom is 0.330 e. The van der Waals surface area contributed by atoms with Crippen LogP contribution in [0.25, 0.3) is 0 Å². The zero-order valence-electron chi connectivity index (χ0n) is 12.9. The highest BCUT2D eigenvalue weighted by Crippen LogP contribution is 2.32. The lowest BCUT2D eigenvalue weighted by atomic mass is 9.99. The van der Waals surface area contributed by atoms with Crippen molar-refractivity contribution in [3.8, 4) is 0 Å². The Kier molecular flexibility index (Phi) is 4.89. The molecule has 8 heteroatoms. The molecule has 1 aromatic rings. The number of hydrogen-bond donors (Lipinski definition) is 2. The number of aryl methyl sites for hydroxylation is 1. The second-order valence-electron chi connectivity index (χ2n) is 6.27. The van der Waals surface area contributed by atoms with Gasteiger partial charge < -0.3 is 14.9 Å². The van der Waals surface area contributed by atoms with Gasteiger partial charge in [0.15, 0.2) is 5.82 Å². The number of carboxylic acids is 1. The van der Waals surface area contributed by atoms with E-state index in [1.807, 2.05) is 0 Å². The minimum absolute atomic E-state index is 0.159. The molecule has 1 saturated carbocycles. The zero-order valence-corrected chi connectivity index (χ0v) is 13.7. The Hall–Kier alpha value is -1.57. The third kappa shape index (κ3) is 3.68. The molecule has 7 nitrogen and oxygen atoms in total. The van der Waals surface area contributed by atoms with Crippen LogP contribution in [-0.4, -0.2) is 44.2 Å². The minimum Gasteiger partial charge on any atom is -0.479 e. The quantitative estimate of drug-likeness (QED) is 0.813. The number of carboxylic acid groups (broad SMARTS) is 1. The first kappa shape index (κ1) is 16.3. The maximum atomic E-state index is 12.1. The van der Waals surface area contributed by atoms with Crippen molar-refractivity contribution in [2.24, 2.45) is 0 Å². The summed E-state index contributed by atoms with van der Waals surface area (Å²) in [6.07, 6.45) is 5.56. The number of aromatic nitrogens is 2. The van der Waals surface area contributed by atoms with Gasteiger partial charge in [-0.25, -0.2) is 4.79 Å². The third-order valence-electron chi connectivity index (χ3n) is 4.58. The molecule has 0 aromatic carbocycles. The number of carbonyl (C=O) groups is 2. The lowest BCUT2D eigenvalue weighted by molar-refractivity contribution is -0.146. The maximum absolute atomic E-state index is 12.1. The summed E-state index contributed by atoms with van der Waals surface area (Å²) < 4.78 is 5.21. The molecular weight excluding hydrogens is 318 g/mol. The van der Waals surface area contributed by atoms with Gasteiger partial charge in [0.05, 0.1) is 0 Å². The lowest BCUT2D eigenvalue weighted by Crippen LogP contribution is -2.54. The van der Waals surface area contributed by atoms with Crippen LogP contribution in [0.1, 0.15) is 56.2 Å².